The number of halogens is 2. The highest BCUT2D eigenvalue weighted by Crippen LogP contribution is 2.33. The first-order chi connectivity index (χ1) is 15.7. The second-order valence-corrected chi connectivity index (χ2v) is 8.61. The zero-order valence-electron chi connectivity index (χ0n) is 19.8. The molecule has 0 aliphatic rings. The number of ketones is 2. The number of carbonyl (C=O) groups is 2. The Morgan fingerprint density at radius 1 is 1.03 bits per heavy atom. The fourth-order valence-corrected chi connectivity index (χ4v) is 3.95. The number of benzene rings is 2. The van der Waals surface area contributed by atoms with Gasteiger partial charge in [-0.3, -0.25) is 4.79 Å². The molecule has 2 aromatic carbocycles. The topological polar surface area (TPSA) is 43.4 Å². The Bertz CT molecular complexity index is 931. The molecule has 5 heteroatoms. The van der Waals surface area contributed by atoms with Crippen LogP contribution >= 0.6 is 0 Å². The molecule has 0 saturated heterocycles. The van der Waals surface area contributed by atoms with E-state index in [-0.39, 0.29) is 36.9 Å². The largest absolute Gasteiger partial charge is 0.497 e. The number of Topliss-reactive ketones (excluding diaryl/α,β-unsaturated/α-hetero) is 2. The van der Waals surface area contributed by atoms with Gasteiger partial charge >= 0.3 is 0 Å². The molecule has 34 heavy (non-hydrogen) atoms. The molecule has 186 valence electrons. The third-order valence-electron chi connectivity index (χ3n) is 5.82. The van der Waals surface area contributed by atoms with Crippen molar-refractivity contribution >= 4 is 11.6 Å². The summed E-state index contributed by atoms with van der Waals surface area (Å²) in [5.74, 6) is -2.15. The van der Waals surface area contributed by atoms with Gasteiger partial charge in [-0.2, -0.15) is 0 Å². The number of allylic oxidation sites excluding steroid dienone is 1. The summed E-state index contributed by atoms with van der Waals surface area (Å²) in [6.07, 6.45) is 2.61. The van der Waals surface area contributed by atoms with E-state index in [0.29, 0.717) is 44.1 Å². The van der Waals surface area contributed by atoms with E-state index in [2.05, 4.69) is 6.58 Å². The maximum Gasteiger partial charge on any atom is 0.273 e. The molecule has 0 heterocycles. The van der Waals surface area contributed by atoms with Gasteiger partial charge in [0, 0.05) is 24.8 Å². The molecular weight excluding hydrogens is 434 g/mol. The average Bonchev–Trinajstić information content (AvgIpc) is 2.78. The van der Waals surface area contributed by atoms with Gasteiger partial charge < -0.3 is 9.53 Å². The van der Waals surface area contributed by atoms with Crippen LogP contribution in [0.3, 0.4) is 0 Å². The predicted molar refractivity (Wildman–Crippen MR) is 135 cm³/mol. The molecule has 3 nitrogen and oxygen atoms in total. The highest BCUT2D eigenvalue weighted by molar-refractivity contribution is 5.94. The molecule has 0 aromatic heterocycles. The van der Waals surface area contributed by atoms with E-state index in [9.17, 15) is 18.4 Å². The summed E-state index contributed by atoms with van der Waals surface area (Å²) in [6.45, 7) is 7.26. The van der Waals surface area contributed by atoms with Crippen molar-refractivity contribution < 1.29 is 23.1 Å². The molecule has 2 rings (SSSR count). The van der Waals surface area contributed by atoms with Crippen molar-refractivity contribution in [3.63, 3.8) is 0 Å². The third kappa shape index (κ3) is 8.85. The SMILES string of the molecule is C.C=C(CC(CC(C)=O)c1ccc(OC)cc1)C(=O)CCCc1ccc(C(F)(F)CCC)cc1. The van der Waals surface area contributed by atoms with Crippen LogP contribution < -0.4 is 4.74 Å². The molecule has 0 amide bonds. The molecule has 1 atom stereocenters. The standard InChI is InChI=1S/C28H34F2O3.CH4/c1-5-17-28(29,30)25-13-9-22(10-14-25)7-6-8-27(32)20(2)18-24(19-21(3)31)23-11-15-26(33-4)16-12-23;/h9-16,24H,2,5-8,17-19H2,1,3-4H3;1H4. The van der Waals surface area contributed by atoms with E-state index in [1.54, 1.807) is 33.1 Å². The Kier molecular flexibility index (Phi) is 11.8. The van der Waals surface area contributed by atoms with Gasteiger partial charge in [0.2, 0.25) is 0 Å². The summed E-state index contributed by atoms with van der Waals surface area (Å²) in [7, 11) is 1.60. The summed E-state index contributed by atoms with van der Waals surface area (Å²) in [5, 5.41) is 0. The summed E-state index contributed by atoms with van der Waals surface area (Å²) < 4.78 is 33.2. The highest BCUT2D eigenvalue weighted by atomic mass is 19.3. The Hall–Kier alpha value is -2.82. The van der Waals surface area contributed by atoms with Gasteiger partial charge in [-0.25, -0.2) is 8.78 Å². The first-order valence-corrected chi connectivity index (χ1v) is 11.5. The smallest absolute Gasteiger partial charge is 0.273 e. The quantitative estimate of drug-likeness (QED) is 0.263. The normalized spacial score (nSPS) is 11.9. The van der Waals surface area contributed by atoms with Crippen LogP contribution in [-0.2, 0) is 21.9 Å². The van der Waals surface area contributed by atoms with Gasteiger partial charge in [0.15, 0.2) is 5.78 Å². The fourth-order valence-electron chi connectivity index (χ4n) is 3.95. The number of methoxy groups -OCH3 is 1. The van der Waals surface area contributed by atoms with Crippen LogP contribution in [-0.4, -0.2) is 18.7 Å². The van der Waals surface area contributed by atoms with E-state index in [1.807, 2.05) is 24.3 Å². The maximum absolute atomic E-state index is 14.0. The first kappa shape index (κ1) is 29.2. The van der Waals surface area contributed by atoms with Crippen LogP contribution in [0.25, 0.3) is 0 Å². The third-order valence-corrected chi connectivity index (χ3v) is 5.82. The van der Waals surface area contributed by atoms with Gasteiger partial charge in [0.25, 0.3) is 5.92 Å². The number of aryl methyl sites for hydroxylation is 1. The van der Waals surface area contributed by atoms with Crippen molar-refractivity contribution in [1.29, 1.82) is 0 Å². The number of carbonyl (C=O) groups excluding carboxylic acids is 2. The van der Waals surface area contributed by atoms with Crippen molar-refractivity contribution in [1.82, 2.24) is 0 Å². The van der Waals surface area contributed by atoms with Gasteiger partial charge in [-0.1, -0.05) is 63.7 Å². The minimum absolute atomic E-state index is 0. The Morgan fingerprint density at radius 3 is 2.18 bits per heavy atom. The number of hydrogen-bond donors (Lipinski definition) is 0. The predicted octanol–water partition coefficient (Wildman–Crippen LogP) is 7.82. The number of alkyl halides is 2. The number of ether oxygens (including phenoxy) is 1. The minimum Gasteiger partial charge on any atom is -0.497 e. The van der Waals surface area contributed by atoms with Crippen molar-refractivity contribution in [2.24, 2.45) is 0 Å². The maximum atomic E-state index is 14.0. The molecule has 0 aliphatic heterocycles. The van der Waals surface area contributed by atoms with E-state index in [4.69, 9.17) is 4.74 Å². The van der Waals surface area contributed by atoms with Gasteiger partial charge in [-0.05, 0) is 60.9 Å². The second-order valence-electron chi connectivity index (χ2n) is 8.61. The summed E-state index contributed by atoms with van der Waals surface area (Å²) in [4.78, 5) is 24.4. The van der Waals surface area contributed by atoms with E-state index in [0.717, 1.165) is 16.9 Å². The second kappa shape index (κ2) is 13.8. The van der Waals surface area contributed by atoms with Crippen molar-refractivity contribution in [3.05, 3.63) is 77.4 Å². The molecule has 2 aromatic rings. The average molecular weight is 473 g/mol. The van der Waals surface area contributed by atoms with Crippen LogP contribution in [0.5, 0.6) is 5.75 Å². The lowest BCUT2D eigenvalue weighted by Gasteiger charge is -2.18. The number of rotatable bonds is 14. The van der Waals surface area contributed by atoms with Crippen LogP contribution in [0.15, 0.2) is 60.7 Å². The Labute approximate surface area is 203 Å². The van der Waals surface area contributed by atoms with Gasteiger partial charge in [-0.15, -0.1) is 0 Å². The molecule has 0 saturated carbocycles. The molecule has 1 unspecified atom stereocenters. The summed E-state index contributed by atoms with van der Waals surface area (Å²) >= 11 is 0. The van der Waals surface area contributed by atoms with Crippen LogP contribution in [0.1, 0.15) is 82.4 Å². The van der Waals surface area contributed by atoms with Crippen molar-refractivity contribution in [2.75, 3.05) is 7.11 Å². The molecule has 0 spiro atoms. The fraction of sp³-hybridized carbons (Fsp3) is 0.448. The monoisotopic (exact) mass is 472 g/mol. The summed E-state index contributed by atoms with van der Waals surface area (Å²) in [6, 6.07) is 13.9. The number of hydrogen-bond acceptors (Lipinski definition) is 3. The zero-order valence-corrected chi connectivity index (χ0v) is 19.8. The van der Waals surface area contributed by atoms with Gasteiger partial charge in [0.1, 0.15) is 11.5 Å². The molecule has 0 radical (unpaired) electrons. The molecule has 0 fully saturated rings. The molecule has 0 aliphatic carbocycles. The van der Waals surface area contributed by atoms with E-state index >= 15 is 0 Å². The minimum atomic E-state index is -2.80. The molecular formula is C29H38F2O3. The lowest BCUT2D eigenvalue weighted by molar-refractivity contribution is -0.118. The Morgan fingerprint density at radius 2 is 1.65 bits per heavy atom. The van der Waals surface area contributed by atoms with Crippen molar-refractivity contribution in [3.8, 4) is 5.75 Å². The lowest BCUT2D eigenvalue weighted by atomic mass is 9.86. The van der Waals surface area contributed by atoms with Crippen LogP contribution in [0.2, 0.25) is 0 Å². The van der Waals surface area contributed by atoms with E-state index in [1.165, 1.54) is 12.1 Å². The van der Waals surface area contributed by atoms with Crippen LogP contribution in [0.4, 0.5) is 8.78 Å². The summed E-state index contributed by atoms with van der Waals surface area (Å²) in [5.41, 5.74) is 2.44. The first-order valence-electron chi connectivity index (χ1n) is 11.5. The van der Waals surface area contributed by atoms with Gasteiger partial charge in [0.05, 0.1) is 7.11 Å². The van der Waals surface area contributed by atoms with E-state index < -0.39 is 5.92 Å². The highest BCUT2D eigenvalue weighted by Gasteiger charge is 2.29. The lowest BCUT2D eigenvalue weighted by Crippen LogP contribution is -2.12. The van der Waals surface area contributed by atoms with Crippen LogP contribution in [0, 0.1) is 0 Å². The Balaban J connectivity index is 0.00000578. The zero-order chi connectivity index (χ0) is 24.4. The molecule has 0 N–H and O–H groups in total. The van der Waals surface area contributed by atoms with Crippen molar-refractivity contribution in [2.45, 2.75) is 78.1 Å². The molecule has 0 bridgehead atoms.